The van der Waals surface area contributed by atoms with Gasteiger partial charge in [-0.05, 0) is 18.2 Å². The van der Waals surface area contributed by atoms with Gasteiger partial charge in [-0.15, -0.1) is 12.4 Å². The van der Waals surface area contributed by atoms with Crippen LogP contribution in [0.1, 0.15) is 20.8 Å². The zero-order valence-corrected chi connectivity index (χ0v) is 13.9. The summed E-state index contributed by atoms with van der Waals surface area (Å²) < 4.78 is 30.9. The van der Waals surface area contributed by atoms with Crippen LogP contribution in [-0.4, -0.2) is 37.5 Å². The molecule has 0 bridgehead atoms. The van der Waals surface area contributed by atoms with Crippen LogP contribution in [-0.2, 0) is 10.0 Å². The first-order chi connectivity index (χ1) is 10.8. The Bertz CT molecular complexity index is 855. The Balaban J connectivity index is 0.00000288. The van der Waals surface area contributed by atoms with Crippen LogP contribution < -0.4 is 9.46 Å². The molecule has 0 atom stereocenters. The summed E-state index contributed by atoms with van der Waals surface area (Å²) in [6, 6.07) is 8.45. The normalized spacial score (nSPS) is 10.4. The molecule has 0 saturated carbocycles. The minimum atomic E-state index is -4.04. The minimum Gasteiger partial charge on any atom is -0.494 e. The van der Waals surface area contributed by atoms with Crippen molar-refractivity contribution in [3.8, 4) is 5.75 Å². The van der Waals surface area contributed by atoms with Gasteiger partial charge in [0.15, 0.2) is 11.4 Å². The molecule has 0 unspecified atom stereocenters. The molecule has 0 aliphatic rings. The van der Waals surface area contributed by atoms with Crippen molar-refractivity contribution in [1.82, 2.24) is 9.71 Å². The molecule has 0 spiro atoms. The fourth-order valence-corrected chi connectivity index (χ4v) is 2.72. The van der Waals surface area contributed by atoms with Crippen molar-refractivity contribution in [1.29, 1.82) is 0 Å². The molecule has 0 saturated heterocycles. The van der Waals surface area contributed by atoms with Gasteiger partial charge in [0, 0.05) is 6.20 Å². The van der Waals surface area contributed by atoms with Crippen LogP contribution in [0, 0.1) is 0 Å². The van der Waals surface area contributed by atoms with E-state index in [0.717, 1.165) is 12.3 Å². The molecule has 2 rings (SSSR count). The Hall–Kier alpha value is -2.65. The van der Waals surface area contributed by atoms with Crippen molar-refractivity contribution in [3.63, 3.8) is 0 Å². The number of methoxy groups -OCH3 is 1. The smallest absolute Gasteiger partial charge is 0.358 e. The van der Waals surface area contributed by atoms with Crippen molar-refractivity contribution in [3.05, 3.63) is 53.9 Å². The van der Waals surface area contributed by atoms with Crippen molar-refractivity contribution in [2.24, 2.45) is 0 Å². The molecule has 24 heavy (non-hydrogen) atoms. The van der Waals surface area contributed by atoms with Gasteiger partial charge in [0.2, 0.25) is 0 Å². The number of amides is 1. The number of nitrogens with zero attached hydrogens (tertiary/aromatic N) is 1. The largest absolute Gasteiger partial charge is 0.494 e. The van der Waals surface area contributed by atoms with Crippen LogP contribution in [0.4, 0.5) is 0 Å². The second-order valence-electron chi connectivity index (χ2n) is 4.33. The predicted octanol–water partition coefficient (Wildman–Crippen LogP) is 1.33. The fraction of sp³-hybridized carbons (Fsp3) is 0.0714. The topological polar surface area (TPSA) is 123 Å². The number of sulfonamides is 1. The van der Waals surface area contributed by atoms with E-state index in [1.54, 1.807) is 6.07 Å². The zero-order valence-electron chi connectivity index (χ0n) is 12.3. The number of hydrogen-bond acceptors (Lipinski definition) is 6. The molecule has 1 amide bonds. The van der Waals surface area contributed by atoms with Crippen LogP contribution in [0.2, 0.25) is 0 Å². The Labute approximate surface area is 143 Å². The second-order valence-corrected chi connectivity index (χ2v) is 6.01. The minimum absolute atomic E-state index is 0. The molecular weight excluding hydrogens is 360 g/mol. The highest BCUT2D eigenvalue weighted by Gasteiger charge is 2.21. The summed E-state index contributed by atoms with van der Waals surface area (Å²) in [5.74, 6) is -2.43. The number of halogens is 1. The highest BCUT2D eigenvalue weighted by Crippen LogP contribution is 2.18. The highest BCUT2D eigenvalue weighted by atomic mass is 35.5. The Morgan fingerprint density at radius 3 is 2.38 bits per heavy atom. The number of aromatic nitrogens is 1. The molecule has 8 nitrogen and oxygen atoms in total. The van der Waals surface area contributed by atoms with Gasteiger partial charge in [0.25, 0.3) is 15.9 Å². The third-order valence-corrected chi connectivity index (χ3v) is 4.16. The molecule has 0 aliphatic carbocycles. The molecular formula is C14H13ClN2O6S. The number of ether oxygens (including phenoxy) is 1. The summed E-state index contributed by atoms with van der Waals surface area (Å²) in [7, 11) is -2.82. The van der Waals surface area contributed by atoms with Gasteiger partial charge in [-0.1, -0.05) is 18.2 Å². The van der Waals surface area contributed by atoms with Gasteiger partial charge in [0.05, 0.1) is 17.6 Å². The Morgan fingerprint density at radius 1 is 1.21 bits per heavy atom. The van der Waals surface area contributed by atoms with Gasteiger partial charge in [-0.25, -0.2) is 22.9 Å². The molecule has 1 aromatic carbocycles. The van der Waals surface area contributed by atoms with Crippen LogP contribution >= 0.6 is 12.4 Å². The maximum Gasteiger partial charge on any atom is 0.358 e. The molecule has 1 aromatic heterocycles. The number of nitrogens with one attached hydrogen (secondary N) is 1. The van der Waals surface area contributed by atoms with Crippen molar-refractivity contribution < 1.29 is 27.9 Å². The molecule has 2 N–H and O–H groups in total. The Kier molecular flexibility index (Phi) is 6.27. The van der Waals surface area contributed by atoms with Gasteiger partial charge >= 0.3 is 5.97 Å². The van der Waals surface area contributed by atoms with Crippen molar-refractivity contribution >= 4 is 34.3 Å². The average molecular weight is 373 g/mol. The first-order valence-electron chi connectivity index (χ1n) is 6.24. The van der Waals surface area contributed by atoms with Crippen molar-refractivity contribution in [2.45, 2.75) is 4.90 Å². The maximum absolute atomic E-state index is 12.1. The number of hydrogen-bond donors (Lipinski definition) is 2. The number of carbonyl (C=O) groups is 2. The SMILES string of the molecule is COc1cc(C(=O)NS(=O)(=O)c2ccccc2)cnc1C(=O)O.Cl. The standard InChI is InChI=1S/C14H12N2O6S.ClH/c1-22-11-7-9(8-15-12(11)14(18)19)13(17)16-23(20,21)10-5-3-2-4-6-10;/h2-8H,1H3,(H,16,17)(H,18,19);1H. The van der Waals surface area contributed by atoms with Gasteiger partial charge in [-0.3, -0.25) is 4.79 Å². The molecule has 1 heterocycles. The van der Waals surface area contributed by atoms with Gasteiger partial charge < -0.3 is 9.84 Å². The summed E-state index contributed by atoms with van der Waals surface area (Å²) in [4.78, 5) is 26.5. The zero-order chi connectivity index (χ0) is 17.0. The third-order valence-electron chi connectivity index (χ3n) is 2.82. The summed E-state index contributed by atoms with van der Waals surface area (Å²) in [6.45, 7) is 0. The quantitative estimate of drug-likeness (QED) is 0.811. The molecule has 2 aromatic rings. The lowest BCUT2D eigenvalue weighted by atomic mass is 10.2. The molecule has 128 valence electrons. The number of carboxylic acids is 1. The van der Waals surface area contributed by atoms with E-state index in [1.165, 1.54) is 31.4 Å². The number of aromatic carboxylic acids is 1. The van der Waals surface area contributed by atoms with Crippen LogP contribution in [0.15, 0.2) is 47.5 Å². The molecule has 10 heteroatoms. The summed E-state index contributed by atoms with van der Waals surface area (Å²) >= 11 is 0. The van der Waals surface area contributed by atoms with E-state index in [2.05, 4.69) is 4.98 Å². The number of benzene rings is 1. The van der Waals surface area contributed by atoms with Gasteiger partial charge in [0.1, 0.15) is 0 Å². The van der Waals surface area contributed by atoms with E-state index in [4.69, 9.17) is 9.84 Å². The van der Waals surface area contributed by atoms with E-state index >= 15 is 0 Å². The predicted molar refractivity (Wildman–Crippen MR) is 86.1 cm³/mol. The number of pyridine rings is 1. The lowest BCUT2D eigenvalue weighted by Crippen LogP contribution is -2.30. The van der Waals surface area contributed by atoms with E-state index in [1.807, 2.05) is 4.72 Å². The lowest BCUT2D eigenvalue weighted by molar-refractivity contribution is 0.0685. The van der Waals surface area contributed by atoms with Crippen LogP contribution in [0.3, 0.4) is 0 Å². The lowest BCUT2D eigenvalue weighted by Gasteiger charge is -2.09. The van der Waals surface area contributed by atoms with E-state index in [0.29, 0.717) is 0 Å². The van der Waals surface area contributed by atoms with Crippen LogP contribution in [0.25, 0.3) is 0 Å². The van der Waals surface area contributed by atoms with E-state index in [-0.39, 0.29) is 34.3 Å². The van der Waals surface area contributed by atoms with E-state index < -0.39 is 21.9 Å². The monoisotopic (exact) mass is 372 g/mol. The highest BCUT2D eigenvalue weighted by molar-refractivity contribution is 7.90. The molecule has 0 fully saturated rings. The summed E-state index contributed by atoms with van der Waals surface area (Å²) in [6.07, 6.45) is 0.960. The van der Waals surface area contributed by atoms with Crippen molar-refractivity contribution in [2.75, 3.05) is 7.11 Å². The maximum atomic E-state index is 12.1. The molecule has 0 aliphatic heterocycles. The summed E-state index contributed by atoms with van der Waals surface area (Å²) in [5.41, 5.74) is -0.527. The third kappa shape index (κ3) is 4.21. The number of carbonyl (C=O) groups excluding carboxylic acids is 1. The van der Waals surface area contributed by atoms with E-state index in [9.17, 15) is 18.0 Å². The van der Waals surface area contributed by atoms with Gasteiger partial charge in [-0.2, -0.15) is 0 Å². The average Bonchev–Trinajstić information content (AvgIpc) is 2.54. The second kappa shape index (κ2) is 7.75. The first kappa shape index (κ1) is 19.4. The molecule has 0 radical (unpaired) electrons. The number of carboxylic acid groups (broad SMARTS) is 1. The fourth-order valence-electron chi connectivity index (χ4n) is 1.72. The van der Waals surface area contributed by atoms with Crippen LogP contribution in [0.5, 0.6) is 5.75 Å². The Morgan fingerprint density at radius 2 is 1.83 bits per heavy atom. The first-order valence-corrected chi connectivity index (χ1v) is 7.73. The number of rotatable bonds is 5. The summed E-state index contributed by atoms with van der Waals surface area (Å²) in [5, 5.41) is 8.92.